The van der Waals surface area contributed by atoms with Crippen molar-refractivity contribution in [3.63, 3.8) is 0 Å². The highest BCUT2D eigenvalue weighted by molar-refractivity contribution is 6.38. The number of rotatable bonds is 7. The predicted octanol–water partition coefficient (Wildman–Crippen LogP) is 1.15. The average Bonchev–Trinajstić information content (AvgIpc) is 3.36. The second-order valence-corrected chi connectivity index (χ2v) is 7.09. The van der Waals surface area contributed by atoms with Gasteiger partial charge in [0, 0.05) is 19.7 Å². The highest BCUT2D eigenvalue weighted by Crippen LogP contribution is 2.20. The molecule has 0 aliphatic heterocycles. The topological polar surface area (TPSA) is 125 Å². The summed E-state index contributed by atoms with van der Waals surface area (Å²) in [6, 6.07) is 15.4. The van der Waals surface area contributed by atoms with E-state index in [1.807, 2.05) is 42.5 Å². The number of aryl methyl sites for hydroxylation is 1. The molecule has 3 N–H and O–H groups in total. The molecular weight excluding hydrogens is 396 g/mol. The Hall–Kier alpha value is -4.27. The van der Waals surface area contributed by atoms with Crippen LogP contribution in [0.25, 0.3) is 16.9 Å². The number of para-hydroxylation sites is 2. The van der Waals surface area contributed by atoms with Crippen LogP contribution in [-0.4, -0.2) is 43.0 Å². The normalized spacial score (nSPS) is 11.9. The Morgan fingerprint density at radius 2 is 1.77 bits per heavy atom. The van der Waals surface area contributed by atoms with E-state index >= 15 is 0 Å². The molecule has 1 unspecified atom stereocenters. The number of carbonyl (C=O) groups excluding carboxylic acids is 3. The number of carbonyl (C=O) groups is 3. The van der Waals surface area contributed by atoms with E-state index in [1.54, 1.807) is 36.3 Å². The highest BCUT2D eigenvalue weighted by atomic mass is 16.2. The van der Waals surface area contributed by atoms with Crippen LogP contribution in [-0.2, 0) is 23.1 Å². The Labute approximate surface area is 177 Å². The van der Waals surface area contributed by atoms with Crippen LogP contribution >= 0.6 is 0 Å². The second-order valence-electron chi connectivity index (χ2n) is 7.09. The van der Waals surface area contributed by atoms with Crippen LogP contribution in [0.2, 0.25) is 0 Å². The number of hydrogen-bond acceptors (Lipinski definition) is 5. The molecule has 156 valence electrons. The van der Waals surface area contributed by atoms with Crippen molar-refractivity contribution in [3.05, 3.63) is 78.2 Å². The van der Waals surface area contributed by atoms with Gasteiger partial charge in [-0.25, -0.2) is 4.98 Å². The number of ketones is 1. The summed E-state index contributed by atoms with van der Waals surface area (Å²) in [5.41, 5.74) is 7.77. The Morgan fingerprint density at radius 1 is 1.06 bits per heavy atom. The molecule has 2 amide bonds. The van der Waals surface area contributed by atoms with Gasteiger partial charge >= 0.3 is 0 Å². The summed E-state index contributed by atoms with van der Waals surface area (Å²) in [4.78, 5) is 41.4. The molecule has 0 aliphatic rings. The molecule has 31 heavy (non-hydrogen) atoms. The fourth-order valence-electron chi connectivity index (χ4n) is 3.41. The first kappa shape index (κ1) is 20.0. The number of amides is 2. The first-order valence-electron chi connectivity index (χ1n) is 9.58. The summed E-state index contributed by atoms with van der Waals surface area (Å²) in [5, 5.41) is 7.05. The molecule has 0 saturated heterocycles. The van der Waals surface area contributed by atoms with Crippen molar-refractivity contribution in [3.8, 4) is 5.82 Å². The number of nitrogens with zero attached hydrogens (tertiary/aromatic N) is 4. The lowest BCUT2D eigenvalue weighted by Crippen LogP contribution is -2.47. The summed E-state index contributed by atoms with van der Waals surface area (Å²) in [7, 11) is 1.69. The van der Waals surface area contributed by atoms with E-state index in [9.17, 15) is 14.4 Å². The van der Waals surface area contributed by atoms with Crippen LogP contribution in [0, 0.1) is 0 Å². The van der Waals surface area contributed by atoms with Crippen LogP contribution in [0.1, 0.15) is 15.9 Å². The lowest BCUT2D eigenvalue weighted by Gasteiger charge is -2.16. The maximum absolute atomic E-state index is 13.1. The zero-order valence-corrected chi connectivity index (χ0v) is 16.7. The minimum Gasteiger partial charge on any atom is -0.363 e. The van der Waals surface area contributed by atoms with Crippen LogP contribution in [0.4, 0.5) is 0 Å². The van der Waals surface area contributed by atoms with Crippen LogP contribution in [0.15, 0.2) is 67.1 Å². The number of Topliss-reactive ketones (excluding diaryl/α,β-unsaturated/α-hetero) is 1. The molecule has 0 saturated carbocycles. The fourth-order valence-corrected chi connectivity index (χ4v) is 3.41. The standard InChI is InChI=1S/C22H20N6O3/c1-27-12-15(21(26-27)28-13-24-16-9-5-6-10-18(16)28)22(31)25-17(19(29)20(23)30)11-14-7-3-2-4-8-14/h2-10,12-13,17H,11H2,1H3,(H2,23,30)(H,25,31). The number of aromatic nitrogens is 4. The van der Waals surface area contributed by atoms with Gasteiger partial charge in [0.25, 0.3) is 11.8 Å². The molecule has 0 bridgehead atoms. The first-order valence-corrected chi connectivity index (χ1v) is 9.58. The minimum atomic E-state index is -1.10. The van der Waals surface area contributed by atoms with Crippen molar-refractivity contribution in [1.82, 2.24) is 24.6 Å². The Morgan fingerprint density at radius 3 is 2.52 bits per heavy atom. The van der Waals surface area contributed by atoms with E-state index < -0.39 is 23.6 Å². The average molecular weight is 416 g/mol. The predicted molar refractivity (Wildman–Crippen MR) is 113 cm³/mol. The molecule has 4 rings (SSSR count). The lowest BCUT2D eigenvalue weighted by molar-refractivity contribution is -0.137. The van der Waals surface area contributed by atoms with Gasteiger partial charge in [0.2, 0.25) is 5.78 Å². The van der Waals surface area contributed by atoms with Crippen LogP contribution < -0.4 is 11.1 Å². The van der Waals surface area contributed by atoms with E-state index in [0.29, 0.717) is 5.82 Å². The van der Waals surface area contributed by atoms with Gasteiger partial charge in [0.05, 0.1) is 11.0 Å². The van der Waals surface area contributed by atoms with Gasteiger partial charge in [-0.1, -0.05) is 42.5 Å². The largest absolute Gasteiger partial charge is 0.363 e. The molecule has 9 heteroatoms. The molecule has 0 aliphatic carbocycles. The molecule has 4 aromatic rings. The second kappa shape index (κ2) is 8.23. The van der Waals surface area contributed by atoms with Crippen LogP contribution in [0.3, 0.4) is 0 Å². The number of benzene rings is 2. The van der Waals surface area contributed by atoms with E-state index in [0.717, 1.165) is 16.6 Å². The van der Waals surface area contributed by atoms with Gasteiger partial charge in [0.1, 0.15) is 17.9 Å². The third-order valence-electron chi connectivity index (χ3n) is 4.88. The number of imidazole rings is 1. The summed E-state index contributed by atoms with van der Waals surface area (Å²) in [5.74, 6) is -2.15. The van der Waals surface area contributed by atoms with Crippen molar-refractivity contribution >= 4 is 28.6 Å². The van der Waals surface area contributed by atoms with E-state index in [4.69, 9.17) is 5.73 Å². The van der Waals surface area contributed by atoms with Crippen molar-refractivity contribution in [2.45, 2.75) is 12.5 Å². The Bertz CT molecular complexity index is 1270. The van der Waals surface area contributed by atoms with E-state index in [2.05, 4.69) is 15.4 Å². The van der Waals surface area contributed by atoms with Gasteiger partial charge in [0.15, 0.2) is 5.82 Å². The summed E-state index contributed by atoms with van der Waals surface area (Å²) >= 11 is 0. The molecule has 9 nitrogen and oxygen atoms in total. The smallest absolute Gasteiger partial charge is 0.287 e. The third-order valence-corrected chi connectivity index (χ3v) is 4.88. The van der Waals surface area contributed by atoms with Gasteiger partial charge in [-0.2, -0.15) is 5.10 Å². The van der Waals surface area contributed by atoms with Crippen molar-refractivity contribution in [2.24, 2.45) is 12.8 Å². The zero-order chi connectivity index (χ0) is 22.0. The molecular formula is C22H20N6O3. The Balaban J connectivity index is 1.67. The number of nitrogens with one attached hydrogen (secondary N) is 1. The highest BCUT2D eigenvalue weighted by Gasteiger charge is 2.28. The van der Waals surface area contributed by atoms with Crippen molar-refractivity contribution < 1.29 is 14.4 Å². The summed E-state index contributed by atoms with van der Waals surface area (Å²) in [6.45, 7) is 0. The fraction of sp³-hybridized carbons (Fsp3) is 0.136. The number of nitrogens with two attached hydrogens (primary N) is 1. The third kappa shape index (κ3) is 4.06. The lowest BCUT2D eigenvalue weighted by atomic mass is 10.0. The molecule has 2 aromatic carbocycles. The van der Waals surface area contributed by atoms with Crippen LogP contribution in [0.5, 0.6) is 0 Å². The van der Waals surface area contributed by atoms with Gasteiger partial charge in [-0.15, -0.1) is 0 Å². The SMILES string of the molecule is Cn1cc(C(=O)NC(Cc2ccccc2)C(=O)C(N)=O)c(-n2cnc3ccccc32)n1. The molecule has 2 heterocycles. The number of hydrogen-bond donors (Lipinski definition) is 2. The summed E-state index contributed by atoms with van der Waals surface area (Å²) < 4.78 is 3.20. The van der Waals surface area contributed by atoms with E-state index in [1.165, 1.54) is 4.68 Å². The summed E-state index contributed by atoms with van der Waals surface area (Å²) in [6.07, 6.45) is 3.27. The number of primary amides is 1. The zero-order valence-electron chi connectivity index (χ0n) is 16.7. The van der Waals surface area contributed by atoms with Gasteiger partial charge in [-0.3, -0.25) is 23.6 Å². The first-order chi connectivity index (χ1) is 14.9. The maximum atomic E-state index is 13.1. The van der Waals surface area contributed by atoms with Gasteiger partial charge < -0.3 is 11.1 Å². The molecule has 0 fully saturated rings. The van der Waals surface area contributed by atoms with Gasteiger partial charge in [-0.05, 0) is 17.7 Å². The minimum absolute atomic E-state index is 0.137. The Kier molecular flexibility index (Phi) is 5.31. The molecule has 2 aromatic heterocycles. The quantitative estimate of drug-likeness (QED) is 0.437. The molecule has 0 radical (unpaired) electrons. The molecule has 1 atom stereocenters. The van der Waals surface area contributed by atoms with Crippen molar-refractivity contribution in [2.75, 3.05) is 0 Å². The van der Waals surface area contributed by atoms with Crippen molar-refractivity contribution in [1.29, 1.82) is 0 Å². The maximum Gasteiger partial charge on any atom is 0.287 e. The number of fused-ring (bicyclic) bond motifs is 1. The van der Waals surface area contributed by atoms with E-state index in [-0.39, 0.29) is 12.0 Å². The molecule has 0 spiro atoms. The monoisotopic (exact) mass is 416 g/mol.